The Hall–Kier alpha value is -4.22. The van der Waals surface area contributed by atoms with E-state index in [0.717, 1.165) is 21.8 Å². The highest BCUT2D eigenvalue weighted by Crippen LogP contribution is 2.53. The number of para-hydroxylation sites is 1. The van der Waals surface area contributed by atoms with Crippen molar-refractivity contribution < 1.29 is 19.2 Å². The van der Waals surface area contributed by atoms with Gasteiger partial charge in [0.15, 0.2) is 0 Å². The number of rotatable bonds is 5. The van der Waals surface area contributed by atoms with Crippen LogP contribution in [0.5, 0.6) is 11.5 Å². The number of nitrogens with one attached hydrogen (secondary N) is 1. The molecule has 2 amide bonds. The fourth-order valence-electron chi connectivity index (χ4n) is 4.75. The Kier molecular flexibility index (Phi) is 5.65. The fraction of sp³-hybridized carbons (Fsp3) is 0.115. The van der Waals surface area contributed by atoms with E-state index in [-0.39, 0.29) is 16.2 Å². The standard InChI is InChI=1S/C26H17N3O6S2/c30-24-20-19(14-5-4-8-18(13-14)35-17-6-2-1-3-7-17)21-23(27-26(32)37-21)36-22(20)25(31)28(24)15-9-11-16(12-10-15)29(33)34/h1-13,19-20,22H,(H,27,32)/t19-,20-,22+/m0/s1. The molecule has 2 aliphatic heterocycles. The molecule has 9 nitrogen and oxygen atoms in total. The van der Waals surface area contributed by atoms with E-state index in [2.05, 4.69) is 4.98 Å². The van der Waals surface area contributed by atoms with Crippen molar-refractivity contribution in [3.05, 3.63) is 109 Å². The summed E-state index contributed by atoms with van der Waals surface area (Å²) >= 11 is 2.20. The van der Waals surface area contributed by atoms with Gasteiger partial charge in [0.05, 0.1) is 21.6 Å². The Bertz CT molecular complexity index is 1600. The molecule has 0 unspecified atom stereocenters. The summed E-state index contributed by atoms with van der Waals surface area (Å²) in [5, 5.41) is 10.9. The lowest BCUT2D eigenvalue weighted by molar-refractivity contribution is -0.384. The van der Waals surface area contributed by atoms with Gasteiger partial charge in [-0.2, -0.15) is 0 Å². The third kappa shape index (κ3) is 4.02. The second kappa shape index (κ2) is 9.02. The largest absolute Gasteiger partial charge is 0.457 e. The van der Waals surface area contributed by atoms with Gasteiger partial charge in [0.2, 0.25) is 11.8 Å². The van der Waals surface area contributed by atoms with Crippen molar-refractivity contribution in [2.45, 2.75) is 16.2 Å². The number of nitro groups is 1. The van der Waals surface area contributed by atoms with E-state index in [9.17, 15) is 24.5 Å². The Morgan fingerprint density at radius 3 is 2.35 bits per heavy atom. The second-order valence-corrected chi connectivity index (χ2v) is 10.7. The molecule has 3 atom stereocenters. The molecular weight excluding hydrogens is 514 g/mol. The van der Waals surface area contributed by atoms with Crippen molar-refractivity contribution in [3.8, 4) is 11.5 Å². The van der Waals surface area contributed by atoms with Gasteiger partial charge < -0.3 is 9.72 Å². The van der Waals surface area contributed by atoms with Gasteiger partial charge in [-0.25, -0.2) is 4.90 Å². The Balaban J connectivity index is 1.41. The average molecular weight is 532 g/mol. The lowest BCUT2D eigenvalue weighted by atomic mass is 9.83. The molecule has 11 heteroatoms. The predicted molar refractivity (Wildman–Crippen MR) is 138 cm³/mol. The maximum absolute atomic E-state index is 13.8. The molecule has 1 saturated heterocycles. The van der Waals surface area contributed by atoms with Crippen LogP contribution in [0.3, 0.4) is 0 Å². The number of carbonyl (C=O) groups excluding carboxylic acids is 2. The minimum atomic E-state index is -0.765. The minimum absolute atomic E-state index is 0.137. The number of fused-ring (bicyclic) bond motifs is 2. The van der Waals surface area contributed by atoms with Gasteiger partial charge in [0.25, 0.3) is 5.69 Å². The number of imide groups is 1. The molecule has 2 aliphatic rings. The third-order valence-electron chi connectivity index (χ3n) is 6.34. The molecule has 3 aromatic carbocycles. The summed E-state index contributed by atoms with van der Waals surface area (Å²) in [6.07, 6.45) is 0. The molecule has 184 valence electrons. The molecule has 3 heterocycles. The van der Waals surface area contributed by atoms with Crippen LogP contribution in [0.2, 0.25) is 0 Å². The molecule has 1 fully saturated rings. The summed E-state index contributed by atoms with van der Waals surface area (Å²) in [5.74, 6) is -0.940. The van der Waals surface area contributed by atoms with Crippen molar-refractivity contribution in [2.75, 3.05) is 4.90 Å². The van der Waals surface area contributed by atoms with Gasteiger partial charge in [-0.15, -0.1) is 0 Å². The van der Waals surface area contributed by atoms with Gasteiger partial charge >= 0.3 is 4.87 Å². The average Bonchev–Trinajstić information content (AvgIpc) is 3.39. The van der Waals surface area contributed by atoms with Crippen molar-refractivity contribution in [1.29, 1.82) is 0 Å². The zero-order valence-electron chi connectivity index (χ0n) is 18.9. The molecule has 0 radical (unpaired) electrons. The fourth-order valence-corrected chi connectivity index (χ4v) is 7.27. The number of amides is 2. The third-order valence-corrected chi connectivity index (χ3v) is 8.74. The molecule has 37 heavy (non-hydrogen) atoms. The van der Waals surface area contributed by atoms with Crippen molar-refractivity contribution in [2.24, 2.45) is 5.92 Å². The zero-order valence-corrected chi connectivity index (χ0v) is 20.5. The van der Waals surface area contributed by atoms with E-state index in [0.29, 0.717) is 21.4 Å². The second-order valence-electron chi connectivity index (χ2n) is 8.52. The predicted octanol–water partition coefficient (Wildman–Crippen LogP) is 4.93. The van der Waals surface area contributed by atoms with Crippen LogP contribution in [-0.4, -0.2) is 27.0 Å². The highest BCUT2D eigenvalue weighted by molar-refractivity contribution is 8.00. The van der Waals surface area contributed by atoms with Gasteiger partial charge in [-0.3, -0.25) is 24.5 Å². The van der Waals surface area contributed by atoms with Crippen LogP contribution in [-0.2, 0) is 9.59 Å². The van der Waals surface area contributed by atoms with Crippen LogP contribution in [0.4, 0.5) is 11.4 Å². The number of ether oxygens (including phenoxy) is 1. The number of anilines is 1. The molecule has 1 aromatic heterocycles. The zero-order chi connectivity index (χ0) is 25.7. The summed E-state index contributed by atoms with van der Waals surface area (Å²) in [6.45, 7) is 0. The smallest absolute Gasteiger partial charge is 0.305 e. The van der Waals surface area contributed by atoms with Crippen LogP contribution in [0.1, 0.15) is 16.4 Å². The summed E-state index contributed by atoms with van der Waals surface area (Å²) in [7, 11) is 0. The minimum Gasteiger partial charge on any atom is -0.457 e. The topological polar surface area (TPSA) is 123 Å². The lowest BCUT2D eigenvalue weighted by Gasteiger charge is -2.30. The Morgan fingerprint density at radius 2 is 1.62 bits per heavy atom. The molecular formula is C26H17N3O6S2. The van der Waals surface area contributed by atoms with Gasteiger partial charge in [-0.1, -0.05) is 53.4 Å². The summed E-state index contributed by atoms with van der Waals surface area (Å²) in [5.41, 5.74) is 0.877. The quantitative estimate of drug-likeness (QED) is 0.220. The Morgan fingerprint density at radius 1 is 0.892 bits per heavy atom. The molecule has 0 spiro atoms. The Labute approximate surface area is 217 Å². The van der Waals surface area contributed by atoms with Crippen molar-refractivity contribution >= 4 is 46.3 Å². The summed E-state index contributed by atoms with van der Waals surface area (Å²) in [4.78, 5) is 54.4. The number of carbonyl (C=O) groups is 2. The summed E-state index contributed by atoms with van der Waals surface area (Å²) in [6, 6.07) is 21.9. The first kappa shape index (κ1) is 23.2. The van der Waals surface area contributed by atoms with E-state index < -0.39 is 33.8 Å². The van der Waals surface area contributed by atoms with Crippen LogP contribution in [0.15, 0.2) is 88.7 Å². The first-order valence-corrected chi connectivity index (χ1v) is 12.9. The molecule has 0 saturated carbocycles. The first-order valence-electron chi connectivity index (χ1n) is 11.3. The highest BCUT2D eigenvalue weighted by atomic mass is 32.2. The lowest BCUT2D eigenvalue weighted by Crippen LogP contribution is -2.32. The molecule has 6 rings (SSSR count). The van der Waals surface area contributed by atoms with Gasteiger partial charge in [0.1, 0.15) is 16.7 Å². The maximum Gasteiger partial charge on any atom is 0.305 e. The molecule has 4 aromatic rings. The number of hydrogen-bond donors (Lipinski definition) is 1. The SMILES string of the molecule is O=C1[C@H]2[C@H](c3cccc(Oc4ccccc4)c3)c3sc(=O)[nH]c3S[C@H]2C(=O)N1c1ccc([N+](=O)[O-])cc1. The number of benzene rings is 3. The van der Waals surface area contributed by atoms with Crippen LogP contribution in [0.25, 0.3) is 0 Å². The van der Waals surface area contributed by atoms with E-state index in [1.807, 2.05) is 48.5 Å². The van der Waals surface area contributed by atoms with Crippen molar-refractivity contribution in [1.82, 2.24) is 4.98 Å². The van der Waals surface area contributed by atoms with Crippen LogP contribution < -0.4 is 14.5 Å². The normalized spacial score (nSPS) is 20.4. The molecule has 0 bridgehead atoms. The number of hydrogen-bond acceptors (Lipinski definition) is 8. The van der Waals surface area contributed by atoms with E-state index in [1.54, 1.807) is 6.07 Å². The van der Waals surface area contributed by atoms with E-state index in [1.165, 1.54) is 36.0 Å². The van der Waals surface area contributed by atoms with Gasteiger partial charge in [-0.05, 0) is 42.0 Å². The number of thiazole rings is 1. The number of thioether (sulfide) groups is 1. The van der Waals surface area contributed by atoms with Crippen molar-refractivity contribution in [3.63, 3.8) is 0 Å². The van der Waals surface area contributed by atoms with Crippen LogP contribution in [0, 0.1) is 16.0 Å². The van der Waals surface area contributed by atoms with E-state index >= 15 is 0 Å². The number of nitrogens with zero attached hydrogens (tertiary/aromatic N) is 2. The van der Waals surface area contributed by atoms with E-state index in [4.69, 9.17) is 4.74 Å². The number of H-pyrrole nitrogens is 1. The van der Waals surface area contributed by atoms with Gasteiger partial charge in [0, 0.05) is 22.9 Å². The molecule has 0 aliphatic carbocycles. The monoisotopic (exact) mass is 531 g/mol. The number of aromatic amines is 1. The van der Waals surface area contributed by atoms with Crippen LogP contribution >= 0.6 is 23.1 Å². The number of nitro benzene ring substituents is 1. The number of aromatic nitrogens is 1. The first-order chi connectivity index (χ1) is 17.9. The number of non-ortho nitro benzene ring substituents is 1. The molecule has 1 N–H and O–H groups in total. The highest BCUT2D eigenvalue weighted by Gasteiger charge is 2.56. The summed E-state index contributed by atoms with van der Waals surface area (Å²) < 4.78 is 5.99. The maximum atomic E-state index is 13.8.